The first kappa shape index (κ1) is 15.9. The zero-order chi connectivity index (χ0) is 15.9. The monoisotopic (exact) mass is 328 g/mol. The van der Waals surface area contributed by atoms with Gasteiger partial charge in [-0.05, 0) is 18.8 Å². The van der Waals surface area contributed by atoms with Gasteiger partial charge in [-0.25, -0.2) is 4.98 Å². The van der Waals surface area contributed by atoms with E-state index in [4.69, 9.17) is 4.74 Å². The second kappa shape index (κ2) is 5.92. The minimum Gasteiger partial charge on any atom is -0.384 e. The summed E-state index contributed by atoms with van der Waals surface area (Å²) >= 11 is 0. The molecule has 1 fully saturated rings. The van der Waals surface area contributed by atoms with Crippen LogP contribution in [-0.4, -0.2) is 60.9 Å². The summed E-state index contributed by atoms with van der Waals surface area (Å²) in [5.74, 6) is 0.787. The van der Waals surface area contributed by atoms with Crippen LogP contribution in [0.3, 0.4) is 0 Å². The normalized spacial score (nSPS) is 23.0. The molecule has 2 heterocycles. The molecule has 22 heavy (non-hydrogen) atoms. The van der Waals surface area contributed by atoms with E-state index in [9.17, 15) is 8.42 Å². The van der Waals surface area contributed by atoms with E-state index in [-0.39, 0.29) is 5.92 Å². The maximum atomic E-state index is 12.4. The number of aromatic nitrogens is 2. The van der Waals surface area contributed by atoms with Gasteiger partial charge >= 0.3 is 0 Å². The number of methoxy groups -OCH3 is 1. The molecule has 1 aliphatic heterocycles. The van der Waals surface area contributed by atoms with Crippen molar-refractivity contribution >= 4 is 10.2 Å². The highest BCUT2D eigenvalue weighted by Crippen LogP contribution is 2.35. The molecular formula is C14H24N4O3S. The molecule has 1 aromatic rings. The third-order valence-electron chi connectivity index (χ3n) is 4.40. The molecule has 124 valence electrons. The number of hydrogen-bond donors (Lipinski definition) is 0. The van der Waals surface area contributed by atoms with Gasteiger partial charge in [0.25, 0.3) is 10.2 Å². The molecule has 1 saturated carbocycles. The Morgan fingerprint density at radius 1 is 1.41 bits per heavy atom. The number of hydrogen-bond acceptors (Lipinski definition) is 4. The predicted octanol–water partition coefficient (Wildman–Crippen LogP) is 0.645. The van der Waals surface area contributed by atoms with Crippen LogP contribution >= 0.6 is 0 Å². The van der Waals surface area contributed by atoms with E-state index in [2.05, 4.69) is 9.55 Å². The quantitative estimate of drug-likeness (QED) is 0.769. The molecule has 0 aromatic carbocycles. The molecule has 0 radical (unpaired) electrons. The molecule has 0 N–H and O–H groups in total. The van der Waals surface area contributed by atoms with Gasteiger partial charge in [-0.3, -0.25) is 0 Å². The average molecular weight is 328 g/mol. The summed E-state index contributed by atoms with van der Waals surface area (Å²) < 4.78 is 35.1. The summed E-state index contributed by atoms with van der Waals surface area (Å²) in [5.41, 5.74) is 2.01. The molecule has 8 heteroatoms. The molecule has 2 aliphatic rings. The van der Waals surface area contributed by atoms with Crippen molar-refractivity contribution in [3.63, 3.8) is 0 Å². The van der Waals surface area contributed by atoms with Gasteiger partial charge in [0, 0.05) is 45.9 Å². The smallest absolute Gasteiger partial charge is 0.281 e. The molecule has 1 aliphatic carbocycles. The van der Waals surface area contributed by atoms with E-state index in [1.165, 1.54) is 21.5 Å². The Kier molecular flexibility index (Phi) is 4.28. The molecule has 7 nitrogen and oxygen atoms in total. The largest absolute Gasteiger partial charge is 0.384 e. The van der Waals surface area contributed by atoms with Crippen molar-refractivity contribution in [2.45, 2.75) is 31.8 Å². The third-order valence-corrected chi connectivity index (χ3v) is 6.26. The zero-order valence-electron chi connectivity index (χ0n) is 13.4. The number of fused-ring (bicyclic) bond motifs is 1. The second-order valence-electron chi connectivity index (χ2n) is 6.41. The molecule has 1 aromatic heterocycles. The van der Waals surface area contributed by atoms with Crippen LogP contribution in [0.2, 0.25) is 0 Å². The highest BCUT2D eigenvalue weighted by molar-refractivity contribution is 7.86. The Hall–Kier alpha value is -0.960. The molecule has 0 unspecified atom stereocenters. The van der Waals surface area contributed by atoms with Gasteiger partial charge in [-0.15, -0.1) is 0 Å². The van der Waals surface area contributed by atoms with E-state index in [1.54, 1.807) is 21.2 Å². The van der Waals surface area contributed by atoms with Crippen molar-refractivity contribution in [2.24, 2.45) is 5.92 Å². The number of imidazole rings is 1. The van der Waals surface area contributed by atoms with Crippen molar-refractivity contribution in [1.29, 1.82) is 0 Å². The maximum absolute atomic E-state index is 12.4. The third kappa shape index (κ3) is 2.92. The zero-order valence-corrected chi connectivity index (χ0v) is 14.2. The Morgan fingerprint density at radius 2 is 2.14 bits per heavy atom. The highest BCUT2D eigenvalue weighted by Gasteiger charge is 2.37. The van der Waals surface area contributed by atoms with Crippen molar-refractivity contribution in [2.75, 3.05) is 34.4 Å². The summed E-state index contributed by atoms with van der Waals surface area (Å²) in [6.45, 7) is 2.28. The maximum Gasteiger partial charge on any atom is 0.281 e. The first-order valence-corrected chi connectivity index (χ1v) is 9.03. The van der Waals surface area contributed by atoms with Gasteiger partial charge in [-0.2, -0.15) is 17.0 Å². The first-order chi connectivity index (χ1) is 10.4. The molecule has 1 atom stereocenters. The summed E-state index contributed by atoms with van der Waals surface area (Å²) in [6, 6.07) is 0. The lowest BCUT2D eigenvalue weighted by Gasteiger charge is -2.33. The van der Waals surface area contributed by atoms with Gasteiger partial charge in [0.05, 0.1) is 25.2 Å². The Bertz CT molecular complexity index is 637. The van der Waals surface area contributed by atoms with Crippen molar-refractivity contribution in [3.8, 4) is 0 Å². The van der Waals surface area contributed by atoms with E-state index in [0.29, 0.717) is 19.7 Å². The van der Waals surface area contributed by atoms with Crippen LogP contribution in [0.4, 0.5) is 0 Å². The lowest BCUT2D eigenvalue weighted by molar-refractivity contribution is 0.157. The van der Waals surface area contributed by atoms with Crippen LogP contribution in [0.1, 0.15) is 30.1 Å². The molecule has 0 spiro atoms. The summed E-state index contributed by atoms with van der Waals surface area (Å²) in [7, 11) is 1.33. The van der Waals surface area contributed by atoms with Gasteiger partial charge in [0.2, 0.25) is 0 Å². The Morgan fingerprint density at radius 3 is 2.73 bits per heavy atom. The fourth-order valence-corrected chi connectivity index (χ4v) is 4.17. The standard InChI is InChI=1S/C14H24N4O3S/c1-16(2)22(19,20)18-7-12(9-21-3)14-13(8-18)15-10-17(14)6-11-4-5-11/h10-12H,4-9H2,1-3H3/t12-/m1/s1. The van der Waals surface area contributed by atoms with Crippen LogP contribution in [0.25, 0.3) is 0 Å². The Balaban J connectivity index is 1.90. The lowest BCUT2D eigenvalue weighted by atomic mass is 10.0. The van der Waals surface area contributed by atoms with Crippen molar-refractivity contribution in [1.82, 2.24) is 18.2 Å². The second-order valence-corrected chi connectivity index (χ2v) is 8.55. The van der Waals surface area contributed by atoms with E-state index in [0.717, 1.165) is 23.9 Å². The molecule has 0 bridgehead atoms. The highest BCUT2D eigenvalue weighted by atomic mass is 32.2. The minimum atomic E-state index is -3.43. The number of ether oxygens (including phenoxy) is 1. The van der Waals surface area contributed by atoms with Gasteiger partial charge in [0.1, 0.15) is 0 Å². The van der Waals surface area contributed by atoms with Gasteiger partial charge in [0.15, 0.2) is 0 Å². The SMILES string of the molecule is COC[C@H]1CN(S(=O)(=O)N(C)C)Cc2ncn(CC3CC3)c21. The number of nitrogens with zero attached hydrogens (tertiary/aromatic N) is 4. The first-order valence-electron chi connectivity index (χ1n) is 7.64. The fraction of sp³-hybridized carbons (Fsp3) is 0.786. The van der Waals surface area contributed by atoms with Gasteiger partial charge in [-0.1, -0.05) is 0 Å². The molecule has 3 rings (SSSR count). The summed E-state index contributed by atoms with van der Waals surface area (Å²) in [5, 5.41) is 0. The van der Waals surface area contributed by atoms with Crippen molar-refractivity contribution in [3.05, 3.63) is 17.7 Å². The predicted molar refractivity (Wildman–Crippen MR) is 82.6 cm³/mol. The van der Waals surface area contributed by atoms with E-state index >= 15 is 0 Å². The fourth-order valence-electron chi connectivity index (χ4n) is 3.05. The van der Waals surface area contributed by atoms with Crippen LogP contribution in [0.15, 0.2) is 6.33 Å². The molecular weight excluding hydrogens is 304 g/mol. The van der Waals surface area contributed by atoms with Crippen LogP contribution < -0.4 is 0 Å². The van der Waals surface area contributed by atoms with Gasteiger partial charge < -0.3 is 9.30 Å². The van der Waals surface area contributed by atoms with E-state index in [1.807, 2.05) is 6.33 Å². The molecule has 0 amide bonds. The van der Waals surface area contributed by atoms with Crippen LogP contribution in [0.5, 0.6) is 0 Å². The minimum absolute atomic E-state index is 0.0322. The van der Waals surface area contributed by atoms with Crippen LogP contribution in [0, 0.1) is 5.92 Å². The van der Waals surface area contributed by atoms with E-state index < -0.39 is 10.2 Å². The lowest BCUT2D eigenvalue weighted by Crippen LogP contribution is -2.45. The summed E-state index contributed by atoms with van der Waals surface area (Å²) in [6.07, 6.45) is 4.42. The topological polar surface area (TPSA) is 67.7 Å². The Labute approximate surface area is 132 Å². The summed E-state index contributed by atoms with van der Waals surface area (Å²) in [4.78, 5) is 4.48. The number of rotatable bonds is 6. The van der Waals surface area contributed by atoms with Crippen LogP contribution in [-0.2, 0) is 28.0 Å². The van der Waals surface area contributed by atoms with Crippen molar-refractivity contribution < 1.29 is 13.2 Å². The average Bonchev–Trinajstić information content (AvgIpc) is 3.18. The molecule has 0 saturated heterocycles.